The van der Waals surface area contributed by atoms with Gasteiger partial charge in [0, 0.05) is 13.5 Å². The lowest BCUT2D eigenvalue weighted by atomic mass is 10.0. The van der Waals surface area contributed by atoms with Crippen LogP contribution in [0.25, 0.3) is 0 Å². The van der Waals surface area contributed by atoms with E-state index in [2.05, 4.69) is 0 Å². The molecule has 0 saturated heterocycles. The van der Waals surface area contributed by atoms with Crippen LogP contribution in [0, 0.1) is 0 Å². The van der Waals surface area contributed by atoms with Crippen LogP contribution in [0.2, 0.25) is 0 Å². The minimum Gasteiger partial charge on any atom is -0.457 e. The summed E-state index contributed by atoms with van der Waals surface area (Å²) in [4.78, 5) is 26.3. The number of nitrogens with zero attached hydrogens (tertiary/aromatic N) is 1. The van der Waals surface area contributed by atoms with Crippen LogP contribution in [0.5, 0.6) is 0 Å². The quantitative estimate of drug-likeness (QED) is 0.360. The summed E-state index contributed by atoms with van der Waals surface area (Å²) in [6.07, 6.45) is -1.43. The molecule has 2 rings (SSSR count). The Kier molecular flexibility index (Phi) is 7.94. The molecule has 7 heteroatoms. The van der Waals surface area contributed by atoms with Crippen molar-refractivity contribution in [2.75, 3.05) is 13.8 Å². The minimum absolute atomic E-state index is 0.130. The molecule has 0 aromatic heterocycles. The van der Waals surface area contributed by atoms with Gasteiger partial charge in [0.1, 0.15) is 18.9 Å². The average molecular weight is 417 g/mol. The first kappa shape index (κ1) is 23.3. The molecule has 1 atom stereocenters. The van der Waals surface area contributed by atoms with Crippen molar-refractivity contribution >= 4 is 12.1 Å². The van der Waals surface area contributed by atoms with Gasteiger partial charge in [-0.05, 0) is 31.9 Å². The monoisotopic (exact) mass is 417 g/mol. The summed E-state index contributed by atoms with van der Waals surface area (Å²) < 4.78 is 31.9. The van der Waals surface area contributed by atoms with Gasteiger partial charge in [0.2, 0.25) is 0 Å². The Morgan fingerprint density at radius 2 is 1.47 bits per heavy atom. The molecule has 1 amide bonds. The van der Waals surface area contributed by atoms with Gasteiger partial charge < -0.3 is 14.2 Å². The van der Waals surface area contributed by atoms with Gasteiger partial charge in [-0.2, -0.15) is 0 Å². The second-order valence-corrected chi connectivity index (χ2v) is 7.81. The summed E-state index contributed by atoms with van der Waals surface area (Å²) in [6.45, 7) is 4.34. The van der Waals surface area contributed by atoms with Crippen LogP contribution in [0.3, 0.4) is 0 Å². The van der Waals surface area contributed by atoms with Crippen molar-refractivity contribution in [3.05, 3.63) is 71.8 Å². The molecule has 0 saturated carbocycles. The number of benzene rings is 2. The van der Waals surface area contributed by atoms with Gasteiger partial charge in [0.05, 0.1) is 0 Å². The van der Waals surface area contributed by atoms with Crippen molar-refractivity contribution in [2.45, 2.75) is 45.2 Å². The van der Waals surface area contributed by atoms with Gasteiger partial charge in [-0.15, -0.1) is 0 Å². The predicted octanol–water partition coefficient (Wildman–Crippen LogP) is 4.48. The molecule has 0 unspecified atom stereocenters. The van der Waals surface area contributed by atoms with Gasteiger partial charge in [0.15, 0.2) is 0 Å². The number of esters is 1. The number of carbonyl (C=O) groups excluding carboxylic acids is 2. The van der Waals surface area contributed by atoms with Crippen molar-refractivity contribution in [3.63, 3.8) is 0 Å². The number of alkyl halides is 1. The van der Waals surface area contributed by atoms with Crippen LogP contribution in [0.15, 0.2) is 60.7 Å². The summed E-state index contributed by atoms with van der Waals surface area (Å²) in [6, 6.07) is 17.5. The van der Waals surface area contributed by atoms with E-state index in [1.807, 2.05) is 6.07 Å². The predicted molar refractivity (Wildman–Crippen MR) is 110 cm³/mol. The van der Waals surface area contributed by atoms with E-state index >= 15 is 4.39 Å². The van der Waals surface area contributed by atoms with Crippen molar-refractivity contribution in [3.8, 4) is 0 Å². The third kappa shape index (κ3) is 6.56. The molecular weight excluding hydrogens is 389 g/mol. The summed E-state index contributed by atoms with van der Waals surface area (Å²) in [5, 5.41) is 0. The van der Waals surface area contributed by atoms with Crippen molar-refractivity contribution in [1.82, 2.24) is 4.90 Å². The molecule has 0 aliphatic carbocycles. The molecule has 0 aliphatic heterocycles. The second-order valence-electron chi connectivity index (χ2n) is 7.81. The average Bonchev–Trinajstić information content (AvgIpc) is 2.70. The van der Waals surface area contributed by atoms with Crippen LogP contribution >= 0.6 is 0 Å². The zero-order valence-electron chi connectivity index (χ0n) is 17.8. The lowest BCUT2D eigenvalue weighted by Gasteiger charge is -2.36. The van der Waals surface area contributed by atoms with E-state index in [1.54, 1.807) is 75.4 Å². The molecule has 0 aliphatic rings. The van der Waals surface area contributed by atoms with Crippen LogP contribution in [-0.4, -0.2) is 42.2 Å². The fraction of sp³-hybridized carbons (Fsp3) is 0.391. The van der Waals surface area contributed by atoms with Crippen LogP contribution < -0.4 is 0 Å². The SMILES string of the molecule is COCN(C(=O)OC(C)(C)C)[C@@](F)(Cc1ccccc1)C(=O)OCc1ccccc1. The number of rotatable bonds is 8. The zero-order chi connectivity index (χ0) is 22.2. The van der Waals surface area contributed by atoms with E-state index in [4.69, 9.17) is 14.2 Å². The smallest absolute Gasteiger partial charge is 0.415 e. The highest BCUT2D eigenvalue weighted by Gasteiger charge is 2.50. The Hall–Kier alpha value is -2.93. The summed E-state index contributed by atoms with van der Waals surface area (Å²) in [5.74, 6) is -4.02. The van der Waals surface area contributed by atoms with Crippen LogP contribution in [0.4, 0.5) is 9.18 Å². The number of carbonyl (C=O) groups is 2. The summed E-state index contributed by atoms with van der Waals surface area (Å²) in [5.41, 5.74) is 0.329. The van der Waals surface area contributed by atoms with Crippen LogP contribution in [-0.2, 0) is 32.0 Å². The molecule has 0 bridgehead atoms. The fourth-order valence-electron chi connectivity index (χ4n) is 2.72. The van der Waals surface area contributed by atoms with Crippen molar-refractivity contribution < 1.29 is 28.2 Å². The third-order valence-corrected chi connectivity index (χ3v) is 4.11. The zero-order valence-corrected chi connectivity index (χ0v) is 17.8. The number of hydrogen-bond donors (Lipinski definition) is 0. The highest BCUT2D eigenvalue weighted by Crippen LogP contribution is 2.28. The van der Waals surface area contributed by atoms with Crippen LogP contribution in [0.1, 0.15) is 31.9 Å². The standard InChI is InChI=1S/C23H28FNO5/c1-22(2,3)30-21(27)25(17-28-4)23(24,15-18-11-7-5-8-12-18)20(26)29-16-19-13-9-6-10-14-19/h5-14H,15-17H2,1-4H3/t23-/m0/s1. The number of ether oxygens (including phenoxy) is 3. The molecule has 0 fully saturated rings. The number of methoxy groups -OCH3 is 1. The molecule has 2 aromatic carbocycles. The first-order valence-corrected chi connectivity index (χ1v) is 9.59. The first-order valence-electron chi connectivity index (χ1n) is 9.59. The molecule has 0 spiro atoms. The van der Waals surface area contributed by atoms with E-state index in [1.165, 1.54) is 7.11 Å². The molecule has 2 aromatic rings. The Bertz CT molecular complexity index is 822. The molecule has 0 heterocycles. The topological polar surface area (TPSA) is 65.1 Å². The van der Waals surface area contributed by atoms with Gasteiger partial charge in [-0.3, -0.25) is 0 Å². The maximum atomic E-state index is 16.3. The maximum absolute atomic E-state index is 16.3. The van der Waals surface area contributed by atoms with E-state index < -0.39 is 36.6 Å². The van der Waals surface area contributed by atoms with Crippen molar-refractivity contribution in [2.24, 2.45) is 0 Å². The van der Waals surface area contributed by atoms with E-state index in [9.17, 15) is 9.59 Å². The minimum atomic E-state index is -2.82. The molecular formula is C23H28FNO5. The van der Waals surface area contributed by atoms with Gasteiger partial charge in [-0.1, -0.05) is 60.7 Å². The Morgan fingerprint density at radius 3 is 1.97 bits per heavy atom. The highest BCUT2D eigenvalue weighted by atomic mass is 19.1. The number of hydrogen-bond acceptors (Lipinski definition) is 5. The normalized spacial score (nSPS) is 13.2. The van der Waals surface area contributed by atoms with Gasteiger partial charge in [-0.25, -0.2) is 18.9 Å². The Labute approximate surface area is 176 Å². The molecule has 6 nitrogen and oxygen atoms in total. The summed E-state index contributed by atoms with van der Waals surface area (Å²) >= 11 is 0. The first-order chi connectivity index (χ1) is 14.2. The maximum Gasteiger partial charge on any atom is 0.415 e. The van der Waals surface area contributed by atoms with E-state index in [0.29, 0.717) is 16.0 Å². The van der Waals surface area contributed by atoms with E-state index in [-0.39, 0.29) is 6.61 Å². The fourth-order valence-corrected chi connectivity index (χ4v) is 2.72. The molecule has 162 valence electrons. The Morgan fingerprint density at radius 1 is 0.933 bits per heavy atom. The molecule has 0 radical (unpaired) electrons. The second kappa shape index (κ2) is 10.2. The largest absolute Gasteiger partial charge is 0.457 e. The molecule has 0 N–H and O–H groups in total. The van der Waals surface area contributed by atoms with E-state index in [0.717, 1.165) is 0 Å². The van der Waals surface area contributed by atoms with Crippen molar-refractivity contribution in [1.29, 1.82) is 0 Å². The lowest BCUT2D eigenvalue weighted by Crippen LogP contribution is -2.57. The number of amides is 1. The third-order valence-electron chi connectivity index (χ3n) is 4.11. The Balaban J connectivity index is 2.34. The molecule has 30 heavy (non-hydrogen) atoms. The van der Waals surface area contributed by atoms with Gasteiger partial charge in [0.25, 0.3) is 5.79 Å². The summed E-state index contributed by atoms with van der Waals surface area (Å²) in [7, 11) is 1.30. The number of halogens is 1. The van der Waals surface area contributed by atoms with Gasteiger partial charge >= 0.3 is 12.1 Å². The highest BCUT2D eigenvalue weighted by molar-refractivity contribution is 5.84. The lowest BCUT2D eigenvalue weighted by molar-refractivity contribution is -0.179.